The average molecular weight is 431 g/mol. The molecule has 0 radical (unpaired) electrons. The Morgan fingerprint density at radius 3 is 2.26 bits per heavy atom. The van der Waals surface area contributed by atoms with Crippen molar-refractivity contribution < 1.29 is 0 Å². The van der Waals surface area contributed by atoms with E-state index in [1.165, 1.54) is 51.4 Å². The third-order valence-corrected chi connectivity index (χ3v) is 6.75. The van der Waals surface area contributed by atoms with Gasteiger partial charge in [-0.1, -0.05) is 47.5 Å². The summed E-state index contributed by atoms with van der Waals surface area (Å²) in [4.78, 5) is 8.91. The van der Waals surface area contributed by atoms with Gasteiger partial charge in [0.15, 0.2) is 0 Å². The first-order valence-electron chi connectivity index (χ1n) is 12.8. The van der Waals surface area contributed by atoms with Crippen LogP contribution in [0.3, 0.4) is 0 Å². The van der Waals surface area contributed by atoms with Gasteiger partial charge in [-0.3, -0.25) is 0 Å². The minimum Gasteiger partial charge on any atom is -0.367 e. The van der Waals surface area contributed by atoms with E-state index >= 15 is 0 Å². The lowest BCUT2D eigenvalue weighted by molar-refractivity contribution is 0.223. The molecule has 1 aromatic rings. The Bertz CT molecular complexity index is 635. The Hall–Kier alpha value is -1.16. The van der Waals surface area contributed by atoms with Crippen molar-refractivity contribution in [3.05, 3.63) is 18.1 Å². The van der Waals surface area contributed by atoms with Crippen molar-refractivity contribution in [1.29, 1.82) is 0 Å². The first-order valence-corrected chi connectivity index (χ1v) is 12.8. The van der Waals surface area contributed by atoms with Crippen LogP contribution in [-0.2, 0) is 5.41 Å². The molecule has 4 nitrogen and oxygen atoms in total. The van der Waals surface area contributed by atoms with Crippen molar-refractivity contribution in [2.45, 2.75) is 136 Å². The Morgan fingerprint density at radius 2 is 1.68 bits per heavy atom. The molecule has 1 fully saturated rings. The summed E-state index contributed by atoms with van der Waals surface area (Å²) in [7, 11) is 0. The van der Waals surface area contributed by atoms with Crippen LogP contribution in [0, 0.1) is 11.8 Å². The largest absolute Gasteiger partial charge is 0.367 e. The van der Waals surface area contributed by atoms with Gasteiger partial charge in [0.2, 0.25) is 0 Å². The van der Waals surface area contributed by atoms with Gasteiger partial charge in [0, 0.05) is 29.1 Å². The molecule has 2 unspecified atom stereocenters. The predicted octanol–water partition coefficient (Wildman–Crippen LogP) is 7.11. The lowest BCUT2D eigenvalue weighted by atomic mass is 9.79. The molecule has 1 heterocycles. The van der Waals surface area contributed by atoms with E-state index in [9.17, 15) is 0 Å². The van der Waals surface area contributed by atoms with Crippen LogP contribution >= 0.6 is 0 Å². The Balaban J connectivity index is 1.69. The number of nitrogens with zero attached hydrogens (tertiary/aromatic N) is 2. The molecule has 0 aliphatic heterocycles. The molecule has 0 spiro atoms. The third kappa shape index (κ3) is 9.89. The van der Waals surface area contributed by atoms with E-state index in [1.807, 2.05) is 0 Å². The average Bonchev–Trinajstić information content (AvgIpc) is 2.67. The summed E-state index contributed by atoms with van der Waals surface area (Å²) in [5, 5.41) is 7.46. The van der Waals surface area contributed by atoms with Gasteiger partial charge < -0.3 is 10.6 Å². The fourth-order valence-electron chi connectivity index (χ4n) is 4.99. The molecule has 0 amide bonds. The zero-order chi connectivity index (χ0) is 23.1. The van der Waals surface area contributed by atoms with Crippen molar-refractivity contribution in [2.24, 2.45) is 11.8 Å². The lowest BCUT2D eigenvalue weighted by Gasteiger charge is -2.35. The summed E-state index contributed by atoms with van der Waals surface area (Å²) < 4.78 is 0. The molecule has 1 aromatic heterocycles. The van der Waals surface area contributed by atoms with Crippen LogP contribution in [0.1, 0.15) is 119 Å². The molecule has 0 bridgehead atoms. The summed E-state index contributed by atoms with van der Waals surface area (Å²) in [5.74, 6) is 2.74. The minimum absolute atomic E-state index is 0.0540. The molecule has 2 rings (SSSR count). The van der Waals surface area contributed by atoms with E-state index < -0.39 is 0 Å². The molecule has 178 valence electrons. The zero-order valence-corrected chi connectivity index (χ0v) is 21.7. The molecule has 2 N–H and O–H groups in total. The van der Waals surface area contributed by atoms with Crippen molar-refractivity contribution >= 4 is 5.82 Å². The monoisotopic (exact) mass is 430 g/mol. The summed E-state index contributed by atoms with van der Waals surface area (Å²) in [6.45, 7) is 18.2. The van der Waals surface area contributed by atoms with Gasteiger partial charge in [-0.05, 0) is 77.6 Å². The van der Waals surface area contributed by atoms with Crippen LogP contribution in [0.5, 0.6) is 0 Å². The van der Waals surface area contributed by atoms with E-state index in [-0.39, 0.29) is 11.0 Å². The maximum Gasteiger partial charge on any atom is 0.129 e. The van der Waals surface area contributed by atoms with E-state index in [1.54, 1.807) is 6.33 Å². The highest BCUT2D eigenvalue weighted by Gasteiger charge is 2.25. The lowest BCUT2D eigenvalue weighted by Crippen LogP contribution is -2.45. The smallest absolute Gasteiger partial charge is 0.129 e. The van der Waals surface area contributed by atoms with Gasteiger partial charge in [0.25, 0.3) is 0 Å². The number of aromatic nitrogens is 2. The second-order valence-electron chi connectivity index (χ2n) is 12.2. The maximum atomic E-state index is 4.46. The highest BCUT2D eigenvalue weighted by molar-refractivity contribution is 5.37. The van der Waals surface area contributed by atoms with Crippen molar-refractivity contribution in [2.75, 3.05) is 5.32 Å². The zero-order valence-electron chi connectivity index (χ0n) is 21.7. The summed E-state index contributed by atoms with van der Waals surface area (Å²) in [5.41, 5.74) is 1.40. The number of hydrogen-bond acceptors (Lipinski definition) is 4. The summed E-state index contributed by atoms with van der Waals surface area (Å²) >= 11 is 0. The van der Waals surface area contributed by atoms with Crippen LogP contribution in [0.25, 0.3) is 0 Å². The highest BCUT2D eigenvalue weighted by atomic mass is 15.0. The van der Waals surface area contributed by atoms with Crippen molar-refractivity contribution in [3.8, 4) is 0 Å². The summed E-state index contributed by atoms with van der Waals surface area (Å²) in [6.07, 6.45) is 13.6. The van der Waals surface area contributed by atoms with E-state index in [2.05, 4.69) is 82.1 Å². The second-order valence-corrected chi connectivity index (χ2v) is 12.2. The number of nitrogens with one attached hydrogen (secondary N) is 2. The van der Waals surface area contributed by atoms with Crippen LogP contribution < -0.4 is 10.6 Å². The molecular formula is C27H50N4. The van der Waals surface area contributed by atoms with E-state index in [0.717, 1.165) is 35.8 Å². The first kappa shape index (κ1) is 26.1. The van der Waals surface area contributed by atoms with Gasteiger partial charge >= 0.3 is 0 Å². The molecule has 2 atom stereocenters. The Kier molecular flexibility index (Phi) is 9.79. The summed E-state index contributed by atoms with van der Waals surface area (Å²) in [6, 6.07) is 3.34. The molecule has 1 saturated carbocycles. The fraction of sp³-hybridized carbons (Fsp3) is 0.852. The molecule has 31 heavy (non-hydrogen) atoms. The van der Waals surface area contributed by atoms with Gasteiger partial charge in [0.05, 0.1) is 5.69 Å². The standard InChI is InChI=1S/C27H50N4/c1-9-22(30-25-18-24(26(3,4)5)28-19-29-25)12-10-11-20(2)17-21-13-15-23(16-14-21)31-27(6,7)8/h18-23,31H,9-17H2,1-8H3,(H,28,29,30). The quantitative estimate of drug-likeness (QED) is 0.415. The topological polar surface area (TPSA) is 49.8 Å². The van der Waals surface area contributed by atoms with Crippen molar-refractivity contribution in [3.63, 3.8) is 0 Å². The predicted molar refractivity (Wildman–Crippen MR) is 135 cm³/mol. The van der Waals surface area contributed by atoms with Gasteiger partial charge in [0.1, 0.15) is 12.1 Å². The van der Waals surface area contributed by atoms with Crippen LogP contribution in [0.15, 0.2) is 12.4 Å². The van der Waals surface area contributed by atoms with Crippen LogP contribution in [-0.4, -0.2) is 27.6 Å². The molecule has 4 heteroatoms. The van der Waals surface area contributed by atoms with Crippen molar-refractivity contribution in [1.82, 2.24) is 15.3 Å². The van der Waals surface area contributed by atoms with Crippen LogP contribution in [0.2, 0.25) is 0 Å². The number of hydrogen-bond donors (Lipinski definition) is 2. The maximum absolute atomic E-state index is 4.46. The van der Waals surface area contributed by atoms with Gasteiger partial charge in [-0.2, -0.15) is 0 Å². The highest BCUT2D eigenvalue weighted by Crippen LogP contribution is 2.32. The Labute approximate surface area is 192 Å². The normalized spacial score (nSPS) is 22.2. The second kappa shape index (κ2) is 11.6. The number of rotatable bonds is 10. The van der Waals surface area contributed by atoms with E-state index in [0.29, 0.717) is 6.04 Å². The number of anilines is 1. The minimum atomic E-state index is 0.0540. The van der Waals surface area contributed by atoms with Crippen LogP contribution in [0.4, 0.5) is 5.82 Å². The molecule has 0 saturated heterocycles. The van der Waals surface area contributed by atoms with Gasteiger partial charge in [-0.25, -0.2) is 9.97 Å². The third-order valence-electron chi connectivity index (χ3n) is 6.75. The van der Waals surface area contributed by atoms with E-state index in [4.69, 9.17) is 0 Å². The molecule has 0 aromatic carbocycles. The SMILES string of the molecule is CCC(CCCC(C)CC1CCC(NC(C)(C)C)CC1)Nc1cc(C(C)(C)C)ncn1. The Morgan fingerprint density at radius 1 is 1.00 bits per heavy atom. The fourth-order valence-corrected chi connectivity index (χ4v) is 4.99. The van der Waals surface area contributed by atoms with Gasteiger partial charge in [-0.15, -0.1) is 0 Å². The molecule has 1 aliphatic carbocycles. The molecular weight excluding hydrogens is 380 g/mol. The first-order chi connectivity index (χ1) is 14.5. The molecule has 1 aliphatic rings.